The van der Waals surface area contributed by atoms with E-state index in [1.807, 2.05) is 12.5 Å². The second-order valence-corrected chi connectivity index (χ2v) is 4.92. The average Bonchev–Trinajstić information content (AvgIpc) is 2.74. The van der Waals surface area contributed by atoms with Gasteiger partial charge in [0.1, 0.15) is 0 Å². The normalized spacial score (nSPS) is 21.9. The van der Waals surface area contributed by atoms with Crippen LogP contribution >= 0.6 is 0 Å². The summed E-state index contributed by atoms with van der Waals surface area (Å²) in [6.45, 7) is 6.62. The van der Waals surface area contributed by atoms with E-state index in [4.69, 9.17) is 0 Å². The van der Waals surface area contributed by atoms with Crippen LogP contribution in [0.15, 0.2) is 12.5 Å². The van der Waals surface area contributed by atoms with E-state index < -0.39 is 0 Å². The van der Waals surface area contributed by atoms with Crippen molar-refractivity contribution in [2.75, 3.05) is 19.6 Å². The van der Waals surface area contributed by atoms with Crippen molar-refractivity contribution in [1.82, 2.24) is 19.8 Å². The van der Waals surface area contributed by atoms with Crippen LogP contribution in [0.2, 0.25) is 0 Å². The van der Waals surface area contributed by atoms with Gasteiger partial charge in [-0.1, -0.05) is 13.3 Å². The van der Waals surface area contributed by atoms with E-state index in [0.29, 0.717) is 6.04 Å². The van der Waals surface area contributed by atoms with E-state index in [0.717, 1.165) is 19.6 Å². The van der Waals surface area contributed by atoms with Crippen LogP contribution in [0.5, 0.6) is 0 Å². The van der Waals surface area contributed by atoms with E-state index in [9.17, 15) is 0 Å². The van der Waals surface area contributed by atoms with E-state index >= 15 is 0 Å². The van der Waals surface area contributed by atoms with Gasteiger partial charge >= 0.3 is 0 Å². The van der Waals surface area contributed by atoms with Crippen molar-refractivity contribution in [1.29, 1.82) is 0 Å². The average molecular weight is 236 g/mol. The molecule has 1 saturated heterocycles. The van der Waals surface area contributed by atoms with E-state index in [1.54, 1.807) is 0 Å². The van der Waals surface area contributed by atoms with E-state index in [2.05, 4.69) is 33.7 Å². The second kappa shape index (κ2) is 6.17. The lowest BCUT2D eigenvalue weighted by Gasteiger charge is -2.35. The van der Waals surface area contributed by atoms with Gasteiger partial charge in [0, 0.05) is 32.4 Å². The molecule has 1 fully saturated rings. The Balaban J connectivity index is 1.94. The molecule has 0 amide bonds. The first kappa shape index (κ1) is 12.6. The van der Waals surface area contributed by atoms with Crippen LogP contribution in [-0.2, 0) is 13.6 Å². The topological polar surface area (TPSA) is 33.1 Å². The highest BCUT2D eigenvalue weighted by Gasteiger charge is 2.22. The van der Waals surface area contributed by atoms with Gasteiger partial charge in [-0.2, -0.15) is 0 Å². The van der Waals surface area contributed by atoms with Crippen molar-refractivity contribution in [3.8, 4) is 0 Å². The highest BCUT2D eigenvalue weighted by atomic mass is 15.2. The Morgan fingerprint density at radius 1 is 1.47 bits per heavy atom. The molecule has 0 aromatic carbocycles. The lowest BCUT2D eigenvalue weighted by molar-refractivity contribution is 0.135. The van der Waals surface area contributed by atoms with Crippen molar-refractivity contribution in [3.05, 3.63) is 18.2 Å². The van der Waals surface area contributed by atoms with Crippen molar-refractivity contribution >= 4 is 0 Å². The molecule has 2 rings (SSSR count). The molecule has 0 bridgehead atoms. The molecule has 0 spiro atoms. The summed E-state index contributed by atoms with van der Waals surface area (Å²) in [5.41, 5.74) is 1.31. The minimum Gasteiger partial charge on any atom is -0.337 e. The van der Waals surface area contributed by atoms with Crippen LogP contribution in [0.1, 0.15) is 31.9 Å². The number of likely N-dealkylation sites (tertiary alicyclic amines) is 1. The van der Waals surface area contributed by atoms with Gasteiger partial charge in [0.25, 0.3) is 0 Å². The third-order valence-corrected chi connectivity index (χ3v) is 3.66. The van der Waals surface area contributed by atoms with Crippen LogP contribution in [0, 0.1) is 0 Å². The standard InChI is InChI=1S/C13H24N4/c1-3-14-8-12-6-4-5-7-17(12)10-13-9-15-11-16(13)2/h9,11-12,14H,3-8,10H2,1-2H3. The molecule has 0 saturated carbocycles. The summed E-state index contributed by atoms with van der Waals surface area (Å²) in [4.78, 5) is 6.80. The molecule has 1 atom stereocenters. The fraction of sp³-hybridized carbons (Fsp3) is 0.769. The first-order valence-electron chi connectivity index (χ1n) is 6.71. The summed E-state index contributed by atoms with van der Waals surface area (Å²) in [6.07, 6.45) is 7.90. The Morgan fingerprint density at radius 2 is 2.35 bits per heavy atom. The number of piperidine rings is 1. The Bertz CT molecular complexity index is 334. The fourth-order valence-electron chi connectivity index (χ4n) is 2.56. The molecule has 4 nitrogen and oxygen atoms in total. The minimum absolute atomic E-state index is 0.693. The smallest absolute Gasteiger partial charge is 0.0945 e. The summed E-state index contributed by atoms with van der Waals surface area (Å²) in [6, 6.07) is 0.693. The first-order chi connectivity index (χ1) is 8.31. The number of aryl methyl sites for hydroxylation is 1. The molecule has 1 aliphatic rings. The third kappa shape index (κ3) is 3.30. The summed E-state index contributed by atoms with van der Waals surface area (Å²) < 4.78 is 2.12. The summed E-state index contributed by atoms with van der Waals surface area (Å²) in [5, 5.41) is 3.48. The molecule has 1 N–H and O–H groups in total. The Kier molecular flexibility index (Phi) is 4.57. The van der Waals surface area contributed by atoms with Gasteiger partial charge in [-0.3, -0.25) is 4.90 Å². The Morgan fingerprint density at radius 3 is 3.06 bits per heavy atom. The van der Waals surface area contributed by atoms with E-state index in [-0.39, 0.29) is 0 Å². The SMILES string of the molecule is CCNCC1CCCCN1Cc1cncn1C. The van der Waals surface area contributed by atoms with Crippen LogP contribution in [0.4, 0.5) is 0 Å². The van der Waals surface area contributed by atoms with Crippen LogP contribution in [0.25, 0.3) is 0 Å². The number of nitrogens with one attached hydrogen (secondary N) is 1. The Hall–Kier alpha value is -0.870. The molecule has 1 unspecified atom stereocenters. The number of hydrogen-bond donors (Lipinski definition) is 1. The maximum absolute atomic E-state index is 4.20. The largest absolute Gasteiger partial charge is 0.337 e. The molecular formula is C13H24N4. The predicted molar refractivity (Wildman–Crippen MR) is 69.8 cm³/mol. The van der Waals surface area contributed by atoms with Crippen molar-refractivity contribution < 1.29 is 0 Å². The van der Waals surface area contributed by atoms with Gasteiger partial charge in [-0.05, 0) is 25.9 Å². The van der Waals surface area contributed by atoms with Gasteiger partial charge in [0.15, 0.2) is 0 Å². The first-order valence-corrected chi connectivity index (χ1v) is 6.71. The van der Waals surface area contributed by atoms with Gasteiger partial charge in [0.2, 0.25) is 0 Å². The molecule has 2 heterocycles. The van der Waals surface area contributed by atoms with Crippen LogP contribution in [-0.4, -0.2) is 40.1 Å². The van der Waals surface area contributed by atoms with Crippen molar-refractivity contribution in [3.63, 3.8) is 0 Å². The van der Waals surface area contributed by atoms with Gasteiger partial charge in [0.05, 0.1) is 12.0 Å². The molecule has 96 valence electrons. The van der Waals surface area contributed by atoms with Crippen LogP contribution in [0.3, 0.4) is 0 Å². The molecule has 4 heteroatoms. The number of nitrogens with zero attached hydrogens (tertiary/aromatic N) is 3. The number of likely N-dealkylation sites (N-methyl/N-ethyl adjacent to an activating group) is 1. The van der Waals surface area contributed by atoms with Gasteiger partial charge < -0.3 is 9.88 Å². The summed E-state index contributed by atoms with van der Waals surface area (Å²) in [7, 11) is 2.07. The summed E-state index contributed by atoms with van der Waals surface area (Å²) >= 11 is 0. The number of aromatic nitrogens is 2. The fourth-order valence-corrected chi connectivity index (χ4v) is 2.56. The lowest BCUT2D eigenvalue weighted by Crippen LogP contribution is -2.45. The van der Waals surface area contributed by atoms with Gasteiger partial charge in [-0.15, -0.1) is 0 Å². The maximum Gasteiger partial charge on any atom is 0.0945 e. The van der Waals surface area contributed by atoms with Crippen molar-refractivity contribution in [2.45, 2.75) is 38.8 Å². The molecule has 1 aromatic heterocycles. The quantitative estimate of drug-likeness (QED) is 0.838. The zero-order chi connectivity index (χ0) is 12.1. The molecule has 0 aliphatic carbocycles. The molecule has 1 aliphatic heterocycles. The number of rotatable bonds is 5. The van der Waals surface area contributed by atoms with E-state index in [1.165, 1.54) is 31.5 Å². The second-order valence-electron chi connectivity index (χ2n) is 4.92. The highest BCUT2D eigenvalue weighted by Crippen LogP contribution is 2.18. The third-order valence-electron chi connectivity index (χ3n) is 3.66. The molecule has 1 aromatic rings. The molecular weight excluding hydrogens is 212 g/mol. The predicted octanol–water partition coefficient (Wildman–Crippen LogP) is 1.38. The monoisotopic (exact) mass is 236 g/mol. The molecule has 0 radical (unpaired) electrons. The Labute approximate surface area is 104 Å². The maximum atomic E-state index is 4.20. The summed E-state index contributed by atoms with van der Waals surface area (Å²) in [5.74, 6) is 0. The van der Waals surface area contributed by atoms with Crippen LogP contribution < -0.4 is 5.32 Å². The molecule has 17 heavy (non-hydrogen) atoms. The minimum atomic E-state index is 0.693. The lowest BCUT2D eigenvalue weighted by atomic mass is 10.0. The number of imidazole rings is 1. The van der Waals surface area contributed by atoms with Gasteiger partial charge in [-0.25, -0.2) is 4.98 Å². The number of hydrogen-bond acceptors (Lipinski definition) is 3. The zero-order valence-electron chi connectivity index (χ0n) is 11.0. The zero-order valence-corrected chi connectivity index (χ0v) is 11.0. The highest BCUT2D eigenvalue weighted by molar-refractivity contribution is 4.98. The van der Waals surface area contributed by atoms with Crippen molar-refractivity contribution in [2.24, 2.45) is 7.05 Å².